The molecule has 0 amide bonds. The Balaban J connectivity index is 2.76. The Labute approximate surface area is 158 Å². The number of allylic oxidation sites excluding steroid dienone is 3. The van der Waals surface area contributed by atoms with E-state index in [4.69, 9.17) is 34.5 Å². The lowest BCUT2D eigenvalue weighted by Gasteiger charge is -2.31. The molecule has 0 aliphatic carbocycles. The van der Waals surface area contributed by atoms with Crippen molar-refractivity contribution in [1.29, 1.82) is 0 Å². The molecule has 1 aromatic rings. The minimum absolute atomic E-state index is 0.0511. The van der Waals surface area contributed by atoms with E-state index in [1.54, 1.807) is 25.1 Å². The van der Waals surface area contributed by atoms with Crippen molar-refractivity contribution >= 4 is 29.2 Å². The first-order valence-corrected chi connectivity index (χ1v) is 8.78. The summed E-state index contributed by atoms with van der Waals surface area (Å²) in [5.41, 5.74) is 2.98. The van der Waals surface area contributed by atoms with E-state index in [1.165, 1.54) is 0 Å². The number of nitrogens with zero attached hydrogens (tertiary/aromatic N) is 1. The molecule has 1 unspecified atom stereocenters. The van der Waals surface area contributed by atoms with Crippen LogP contribution in [0.4, 0.5) is 0 Å². The van der Waals surface area contributed by atoms with Gasteiger partial charge in [0.15, 0.2) is 5.70 Å². The molecule has 0 saturated carbocycles. The Hall–Kier alpha value is -1.96. The molecule has 0 bridgehead atoms. The van der Waals surface area contributed by atoms with E-state index < -0.39 is 11.9 Å². The number of hydrogen-bond acceptors (Lipinski definition) is 3. The number of dihydropyridines is 1. The average molecular weight is 379 g/mol. The fraction of sp³-hybridized carbons (Fsp3) is 0.368. The highest BCUT2D eigenvalue weighted by Crippen LogP contribution is 2.43. The Bertz CT molecular complexity index is 804. The molecular weight excluding hydrogens is 359 g/mol. The molecule has 1 atom stereocenters. The highest BCUT2D eigenvalue weighted by atomic mass is 35.5. The predicted molar refractivity (Wildman–Crippen MR) is 100 cm³/mol. The van der Waals surface area contributed by atoms with Gasteiger partial charge < -0.3 is 10.1 Å². The van der Waals surface area contributed by atoms with Gasteiger partial charge >= 0.3 is 5.97 Å². The maximum atomic E-state index is 12.7. The third kappa shape index (κ3) is 3.84. The Morgan fingerprint density at radius 1 is 1.40 bits per heavy atom. The molecule has 6 heteroatoms. The Morgan fingerprint density at radius 2 is 2.08 bits per heavy atom. The number of carbonyl (C=O) groups excluding carboxylic acids is 1. The lowest BCUT2D eigenvalue weighted by atomic mass is 9.82. The zero-order chi connectivity index (χ0) is 18.7. The number of benzene rings is 1. The SMILES string of the molecule is [C-]#[N+]C1=C(C)NC(C(C)C)=C(C(=O)OCC)C1c1ccc(Cl)cc1Cl. The van der Waals surface area contributed by atoms with Crippen LogP contribution in [0, 0.1) is 12.5 Å². The first-order chi connectivity index (χ1) is 11.8. The van der Waals surface area contributed by atoms with Crippen LogP contribution in [0.5, 0.6) is 0 Å². The second-order valence-corrected chi connectivity index (χ2v) is 6.89. The number of esters is 1. The minimum atomic E-state index is -0.583. The topological polar surface area (TPSA) is 42.7 Å². The van der Waals surface area contributed by atoms with Crippen LogP contribution in [-0.4, -0.2) is 12.6 Å². The third-order valence-corrected chi connectivity index (χ3v) is 4.59. The molecule has 1 aliphatic rings. The first-order valence-electron chi connectivity index (χ1n) is 8.03. The van der Waals surface area contributed by atoms with Crippen LogP contribution in [0.15, 0.2) is 40.9 Å². The van der Waals surface area contributed by atoms with Gasteiger partial charge in [0.2, 0.25) is 0 Å². The van der Waals surface area contributed by atoms with Crippen LogP contribution in [0.1, 0.15) is 39.2 Å². The summed E-state index contributed by atoms with van der Waals surface area (Å²) in [6.45, 7) is 15.4. The fourth-order valence-corrected chi connectivity index (χ4v) is 3.44. The summed E-state index contributed by atoms with van der Waals surface area (Å²) in [6.07, 6.45) is 0. The molecule has 2 rings (SSSR count). The normalized spacial score (nSPS) is 17.4. The van der Waals surface area contributed by atoms with E-state index in [2.05, 4.69) is 10.2 Å². The Morgan fingerprint density at radius 3 is 2.60 bits per heavy atom. The molecule has 0 fully saturated rings. The van der Waals surface area contributed by atoms with Crippen LogP contribution >= 0.6 is 23.2 Å². The summed E-state index contributed by atoms with van der Waals surface area (Å²) < 4.78 is 5.27. The van der Waals surface area contributed by atoms with E-state index in [0.29, 0.717) is 32.6 Å². The van der Waals surface area contributed by atoms with E-state index >= 15 is 0 Å². The van der Waals surface area contributed by atoms with Gasteiger partial charge in [-0.05, 0) is 37.5 Å². The Kier molecular flexibility index (Phi) is 6.16. The molecule has 0 saturated heterocycles. The van der Waals surface area contributed by atoms with Crippen molar-refractivity contribution in [3.63, 3.8) is 0 Å². The number of rotatable bonds is 4. The minimum Gasteiger partial charge on any atom is -0.463 e. The number of halogens is 2. The standard InChI is InChI=1S/C19H20Cl2N2O2/c1-6-25-19(24)16-15(13-8-7-12(20)9-14(13)21)18(22-5)11(4)23-17(16)10(2)3/h7-10,15,23H,6H2,1-4H3. The number of hydrogen-bond donors (Lipinski definition) is 1. The van der Waals surface area contributed by atoms with Crippen LogP contribution in [0.3, 0.4) is 0 Å². The fourth-order valence-electron chi connectivity index (χ4n) is 2.92. The molecule has 1 aliphatic heterocycles. The zero-order valence-electron chi connectivity index (χ0n) is 14.6. The maximum absolute atomic E-state index is 12.7. The van der Waals surface area contributed by atoms with Crippen molar-refractivity contribution in [3.8, 4) is 0 Å². The molecule has 0 radical (unpaired) electrons. The van der Waals surface area contributed by atoms with Crippen molar-refractivity contribution in [2.45, 2.75) is 33.6 Å². The van der Waals surface area contributed by atoms with Gasteiger partial charge in [-0.25, -0.2) is 9.64 Å². The smallest absolute Gasteiger partial charge is 0.335 e. The van der Waals surface area contributed by atoms with Gasteiger partial charge in [-0.2, -0.15) is 0 Å². The van der Waals surface area contributed by atoms with Gasteiger partial charge in [0.1, 0.15) is 0 Å². The summed E-state index contributed by atoms with van der Waals surface area (Å²) in [7, 11) is 0. The maximum Gasteiger partial charge on any atom is 0.335 e. The molecule has 1 aromatic carbocycles. The zero-order valence-corrected chi connectivity index (χ0v) is 16.1. The molecular formula is C19H20Cl2N2O2. The monoisotopic (exact) mass is 378 g/mol. The van der Waals surface area contributed by atoms with Crippen LogP contribution in [-0.2, 0) is 9.53 Å². The molecule has 132 valence electrons. The second-order valence-electron chi connectivity index (χ2n) is 6.05. The highest BCUT2D eigenvalue weighted by molar-refractivity contribution is 6.35. The molecule has 25 heavy (non-hydrogen) atoms. The summed E-state index contributed by atoms with van der Waals surface area (Å²) in [5.74, 6) is -0.974. The molecule has 0 aromatic heterocycles. The van der Waals surface area contributed by atoms with E-state index in [9.17, 15) is 4.79 Å². The van der Waals surface area contributed by atoms with Gasteiger partial charge in [0.25, 0.3) is 0 Å². The number of ether oxygens (including phenoxy) is 1. The van der Waals surface area contributed by atoms with Crippen molar-refractivity contribution in [3.05, 3.63) is 67.9 Å². The van der Waals surface area contributed by atoms with Gasteiger partial charge in [0, 0.05) is 21.4 Å². The second kappa shape index (κ2) is 7.95. The molecule has 1 N–H and O–H groups in total. The van der Waals surface area contributed by atoms with Crippen LogP contribution < -0.4 is 5.32 Å². The van der Waals surface area contributed by atoms with Gasteiger partial charge in [-0.1, -0.05) is 43.1 Å². The van der Waals surface area contributed by atoms with Crippen molar-refractivity contribution in [1.82, 2.24) is 5.32 Å². The van der Waals surface area contributed by atoms with E-state index in [1.807, 2.05) is 20.8 Å². The molecule has 0 spiro atoms. The van der Waals surface area contributed by atoms with Gasteiger partial charge in [0.05, 0.1) is 24.7 Å². The average Bonchev–Trinajstić information content (AvgIpc) is 2.54. The predicted octanol–water partition coefficient (Wildman–Crippen LogP) is 5.30. The third-order valence-electron chi connectivity index (χ3n) is 4.03. The number of nitrogens with one attached hydrogen (secondary N) is 1. The number of carbonyl (C=O) groups is 1. The van der Waals surface area contributed by atoms with Gasteiger partial charge in [-0.3, -0.25) is 0 Å². The molecule has 4 nitrogen and oxygen atoms in total. The van der Waals surface area contributed by atoms with Crippen molar-refractivity contribution in [2.75, 3.05) is 6.61 Å². The lowest BCUT2D eigenvalue weighted by Crippen LogP contribution is -2.31. The highest BCUT2D eigenvalue weighted by Gasteiger charge is 2.37. The van der Waals surface area contributed by atoms with Gasteiger partial charge in [-0.15, -0.1) is 0 Å². The first kappa shape index (κ1) is 19.4. The van der Waals surface area contributed by atoms with Crippen molar-refractivity contribution in [2.24, 2.45) is 5.92 Å². The summed E-state index contributed by atoms with van der Waals surface area (Å²) >= 11 is 12.4. The summed E-state index contributed by atoms with van der Waals surface area (Å²) in [4.78, 5) is 16.4. The summed E-state index contributed by atoms with van der Waals surface area (Å²) in [6, 6.07) is 5.09. The van der Waals surface area contributed by atoms with Crippen LogP contribution in [0.2, 0.25) is 10.0 Å². The largest absolute Gasteiger partial charge is 0.463 e. The van der Waals surface area contributed by atoms with Crippen LogP contribution in [0.25, 0.3) is 4.85 Å². The quantitative estimate of drug-likeness (QED) is 0.570. The molecule has 1 heterocycles. The van der Waals surface area contributed by atoms with Crippen molar-refractivity contribution < 1.29 is 9.53 Å². The van der Waals surface area contributed by atoms with E-state index in [-0.39, 0.29) is 12.5 Å². The lowest BCUT2D eigenvalue weighted by molar-refractivity contribution is -0.138. The van der Waals surface area contributed by atoms with E-state index in [0.717, 1.165) is 5.70 Å². The summed E-state index contributed by atoms with van der Waals surface area (Å²) in [5, 5.41) is 4.13.